The number of halogens is 2. The molecular formula is C23H27F2N5O5. The Balaban J connectivity index is 1.72. The van der Waals surface area contributed by atoms with Crippen LogP contribution >= 0.6 is 0 Å². The van der Waals surface area contributed by atoms with Crippen molar-refractivity contribution in [3.05, 3.63) is 53.9 Å². The molecule has 2 heterocycles. The van der Waals surface area contributed by atoms with Crippen LogP contribution in [-0.2, 0) is 21.4 Å². The van der Waals surface area contributed by atoms with E-state index < -0.39 is 41.6 Å². The number of hydrogen-bond acceptors (Lipinski definition) is 5. The lowest BCUT2D eigenvalue weighted by molar-refractivity contribution is -0.140. The van der Waals surface area contributed by atoms with E-state index in [1.165, 1.54) is 12.0 Å². The summed E-state index contributed by atoms with van der Waals surface area (Å²) < 4.78 is 33.2. The molecule has 1 aliphatic heterocycles. The molecule has 0 aliphatic carbocycles. The summed E-state index contributed by atoms with van der Waals surface area (Å²) >= 11 is 0. The molecule has 1 aromatic heterocycles. The zero-order valence-corrected chi connectivity index (χ0v) is 19.3. The number of methoxy groups -OCH3 is 1. The number of likely N-dealkylation sites (tertiary alicyclic amines) is 1. The number of ether oxygens (including phenoxy) is 1. The number of amides is 4. The van der Waals surface area contributed by atoms with Gasteiger partial charge >= 0.3 is 12.0 Å². The van der Waals surface area contributed by atoms with Crippen molar-refractivity contribution in [1.29, 1.82) is 0 Å². The Hall–Kier alpha value is -3.96. The zero-order chi connectivity index (χ0) is 25.5. The summed E-state index contributed by atoms with van der Waals surface area (Å²) in [6, 6.07) is 3.41. The van der Waals surface area contributed by atoms with Crippen LogP contribution in [0.1, 0.15) is 29.8 Å². The Morgan fingerprint density at radius 2 is 1.94 bits per heavy atom. The van der Waals surface area contributed by atoms with Crippen molar-refractivity contribution in [1.82, 2.24) is 20.1 Å². The molecule has 3 rings (SSSR count). The molecular weight excluding hydrogens is 464 g/mol. The first-order valence-corrected chi connectivity index (χ1v) is 11.0. The summed E-state index contributed by atoms with van der Waals surface area (Å²) in [4.78, 5) is 51.4. The average molecular weight is 491 g/mol. The molecule has 1 fully saturated rings. The predicted molar refractivity (Wildman–Crippen MR) is 121 cm³/mol. The number of anilines is 1. The SMILES string of the molecule is COC(=O)CCCNC(=O)[C@@H]1[C@@H](NC(=O)Nc2ccc(F)cc2F)CCN1C(=O)c1cccn1C. The van der Waals surface area contributed by atoms with Gasteiger partial charge < -0.3 is 30.2 Å². The van der Waals surface area contributed by atoms with Crippen molar-refractivity contribution in [2.24, 2.45) is 7.05 Å². The minimum atomic E-state index is -1.04. The fourth-order valence-electron chi connectivity index (χ4n) is 3.89. The van der Waals surface area contributed by atoms with Gasteiger partial charge in [-0.3, -0.25) is 14.4 Å². The Morgan fingerprint density at radius 3 is 2.60 bits per heavy atom. The largest absolute Gasteiger partial charge is 0.469 e. The number of nitrogens with one attached hydrogen (secondary N) is 3. The second-order valence-electron chi connectivity index (χ2n) is 8.04. The van der Waals surface area contributed by atoms with Crippen molar-refractivity contribution >= 4 is 29.5 Å². The number of benzene rings is 1. The molecule has 0 unspecified atom stereocenters. The molecule has 0 radical (unpaired) electrons. The third kappa shape index (κ3) is 6.34. The Morgan fingerprint density at radius 1 is 1.17 bits per heavy atom. The number of rotatable bonds is 8. The third-order valence-electron chi connectivity index (χ3n) is 5.67. The number of carbonyl (C=O) groups excluding carboxylic acids is 4. The van der Waals surface area contributed by atoms with Crippen LogP contribution < -0.4 is 16.0 Å². The van der Waals surface area contributed by atoms with Crippen molar-refractivity contribution in [2.75, 3.05) is 25.5 Å². The quantitative estimate of drug-likeness (QED) is 0.384. The predicted octanol–water partition coefficient (Wildman–Crippen LogP) is 1.78. The number of aryl methyl sites for hydroxylation is 1. The summed E-state index contributed by atoms with van der Waals surface area (Å²) in [5, 5.41) is 7.61. The van der Waals surface area contributed by atoms with E-state index in [1.807, 2.05) is 0 Å². The highest BCUT2D eigenvalue weighted by Crippen LogP contribution is 2.22. The van der Waals surface area contributed by atoms with E-state index in [0.717, 1.165) is 12.1 Å². The van der Waals surface area contributed by atoms with Gasteiger partial charge in [-0.1, -0.05) is 0 Å². The summed E-state index contributed by atoms with van der Waals surface area (Å²) in [6.07, 6.45) is 2.42. The normalized spacial score (nSPS) is 17.1. The molecule has 0 saturated carbocycles. The first-order valence-electron chi connectivity index (χ1n) is 11.0. The smallest absolute Gasteiger partial charge is 0.319 e. The van der Waals surface area contributed by atoms with Crippen LogP contribution in [0.5, 0.6) is 0 Å². The Bertz CT molecular complexity index is 1110. The number of carbonyl (C=O) groups is 4. The summed E-state index contributed by atoms with van der Waals surface area (Å²) in [6.45, 7) is 0.358. The topological polar surface area (TPSA) is 122 Å². The van der Waals surface area contributed by atoms with Gasteiger partial charge in [-0.15, -0.1) is 0 Å². The second-order valence-corrected chi connectivity index (χ2v) is 8.04. The number of hydrogen-bond donors (Lipinski definition) is 3. The van der Waals surface area contributed by atoms with E-state index in [2.05, 4.69) is 20.7 Å². The lowest BCUT2D eigenvalue weighted by atomic mass is 10.1. The van der Waals surface area contributed by atoms with E-state index in [0.29, 0.717) is 18.2 Å². The van der Waals surface area contributed by atoms with E-state index in [9.17, 15) is 28.0 Å². The van der Waals surface area contributed by atoms with Crippen LogP contribution in [0.3, 0.4) is 0 Å². The van der Waals surface area contributed by atoms with Gasteiger partial charge in [-0.25, -0.2) is 13.6 Å². The first-order chi connectivity index (χ1) is 16.7. The Kier molecular flexibility index (Phi) is 8.39. The van der Waals surface area contributed by atoms with Gasteiger partial charge in [0.1, 0.15) is 23.4 Å². The van der Waals surface area contributed by atoms with Gasteiger partial charge in [0, 0.05) is 38.8 Å². The standard InChI is InChI=1S/C23H27F2N5O5/c1-29-11-4-5-18(29)22(33)30-12-9-17(20(30)21(32)26-10-3-6-19(31)35-2)28-23(34)27-16-8-7-14(24)13-15(16)25/h4-5,7-8,11,13,17,20H,3,6,9-10,12H2,1-2H3,(H,26,32)(H2,27,28,34)/t17-,20-/m0/s1. The second kappa shape index (κ2) is 11.4. The van der Waals surface area contributed by atoms with Crippen LogP contribution in [0.2, 0.25) is 0 Å². The van der Waals surface area contributed by atoms with Crippen molar-refractivity contribution in [2.45, 2.75) is 31.3 Å². The average Bonchev–Trinajstić information content (AvgIpc) is 3.44. The van der Waals surface area contributed by atoms with E-state index in [4.69, 9.17) is 0 Å². The van der Waals surface area contributed by atoms with Crippen LogP contribution in [0, 0.1) is 11.6 Å². The van der Waals surface area contributed by atoms with Gasteiger partial charge in [0.25, 0.3) is 5.91 Å². The summed E-state index contributed by atoms with van der Waals surface area (Å²) in [7, 11) is 2.97. The van der Waals surface area contributed by atoms with E-state index in [1.54, 1.807) is 29.9 Å². The Labute approximate surface area is 200 Å². The molecule has 1 saturated heterocycles. The van der Waals surface area contributed by atoms with E-state index in [-0.39, 0.29) is 37.5 Å². The van der Waals surface area contributed by atoms with Crippen LogP contribution in [0.15, 0.2) is 36.5 Å². The monoisotopic (exact) mass is 491 g/mol. The number of aromatic nitrogens is 1. The maximum absolute atomic E-state index is 13.9. The molecule has 12 heteroatoms. The van der Waals surface area contributed by atoms with Crippen LogP contribution in [0.4, 0.5) is 19.3 Å². The minimum Gasteiger partial charge on any atom is -0.469 e. The number of esters is 1. The van der Waals surface area contributed by atoms with E-state index >= 15 is 0 Å². The highest BCUT2D eigenvalue weighted by molar-refractivity contribution is 5.98. The maximum atomic E-state index is 13.9. The molecule has 1 aromatic carbocycles. The fraction of sp³-hybridized carbons (Fsp3) is 0.391. The van der Waals surface area contributed by atoms with Crippen molar-refractivity contribution in [3.8, 4) is 0 Å². The minimum absolute atomic E-state index is 0.112. The molecule has 10 nitrogen and oxygen atoms in total. The number of nitrogens with zero attached hydrogens (tertiary/aromatic N) is 2. The van der Waals surface area contributed by atoms with Gasteiger partial charge in [0.15, 0.2) is 0 Å². The lowest BCUT2D eigenvalue weighted by Crippen LogP contribution is -2.55. The maximum Gasteiger partial charge on any atom is 0.319 e. The molecule has 2 atom stereocenters. The van der Waals surface area contributed by atoms with Crippen LogP contribution in [0.25, 0.3) is 0 Å². The fourth-order valence-corrected chi connectivity index (χ4v) is 3.89. The summed E-state index contributed by atoms with van der Waals surface area (Å²) in [5.74, 6) is -3.05. The third-order valence-corrected chi connectivity index (χ3v) is 5.67. The first kappa shape index (κ1) is 25.7. The number of urea groups is 1. The molecule has 4 amide bonds. The molecule has 35 heavy (non-hydrogen) atoms. The highest BCUT2D eigenvalue weighted by Gasteiger charge is 2.43. The van der Waals surface area contributed by atoms with Gasteiger partial charge in [-0.05, 0) is 37.1 Å². The highest BCUT2D eigenvalue weighted by atomic mass is 19.1. The van der Waals surface area contributed by atoms with Gasteiger partial charge in [0.05, 0.1) is 18.8 Å². The van der Waals surface area contributed by atoms with Gasteiger partial charge in [0.2, 0.25) is 5.91 Å². The molecule has 0 spiro atoms. The lowest BCUT2D eigenvalue weighted by Gasteiger charge is -2.28. The molecule has 3 N–H and O–H groups in total. The summed E-state index contributed by atoms with van der Waals surface area (Å²) in [5.41, 5.74) is 0.134. The molecule has 188 valence electrons. The zero-order valence-electron chi connectivity index (χ0n) is 19.3. The molecule has 1 aliphatic rings. The van der Waals surface area contributed by atoms with Crippen LogP contribution in [-0.4, -0.2) is 65.6 Å². The van der Waals surface area contributed by atoms with Gasteiger partial charge in [-0.2, -0.15) is 0 Å². The molecule has 0 bridgehead atoms. The molecule has 2 aromatic rings. The van der Waals surface area contributed by atoms with Crippen molar-refractivity contribution in [3.63, 3.8) is 0 Å². The van der Waals surface area contributed by atoms with Crippen molar-refractivity contribution < 1.29 is 32.7 Å².